The van der Waals surface area contributed by atoms with E-state index in [1.165, 1.54) is 11.1 Å². The molecule has 0 amide bonds. The van der Waals surface area contributed by atoms with E-state index in [0.29, 0.717) is 0 Å². The number of nitrogens with one attached hydrogen (secondary N) is 1. The number of anilines is 1. The predicted molar refractivity (Wildman–Crippen MR) is 70.6 cm³/mol. The molecule has 1 aromatic rings. The summed E-state index contributed by atoms with van der Waals surface area (Å²) in [6, 6.07) is 4.21. The normalized spacial score (nSPS) is 11.7. The fourth-order valence-electron chi connectivity index (χ4n) is 1.14. The summed E-state index contributed by atoms with van der Waals surface area (Å²) in [5, 5.41) is 4.30. The van der Waals surface area contributed by atoms with Crippen molar-refractivity contribution < 1.29 is 0 Å². The van der Waals surface area contributed by atoms with E-state index in [1.807, 2.05) is 6.92 Å². The first-order valence-electron chi connectivity index (χ1n) is 5.10. The van der Waals surface area contributed by atoms with E-state index in [4.69, 9.17) is 0 Å². The third-order valence-electron chi connectivity index (χ3n) is 2.38. The molecule has 0 bridgehead atoms. The van der Waals surface area contributed by atoms with Crippen LogP contribution in [-0.2, 0) is 0 Å². The first kappa shape index (κ1) is 12.2. The largest absolute Gasteiger partial charge is 0.278 e. The van der Waals surface area contributed by atoms with Gasteiger partial charge in [-0.1, -0.05) is 22.9 Å². The van der Waals surface area contributed by atoms with Gasteiger partial charge in [-0.3, -0.25) is 5.43 Å². The highest BCUT2D eigenvalue weighted by atomic mass is 79.9. The number of halogens is 1. The van der Waals surface area contributed by atoms with Crippen LogP contribution in [0.1, 0.15) is 31.4 Å². The van der Waals surface area contributed by atoms with Crippen molar-refractivity contribution in [1.29, 1.82) is 0 Å². The molecule has 0 aliphatic carbocycles. The molecule has 0 spiro atoms. The monoisotopic (exact) mass is 268 g/mol. The maximum Gasteiger partial charge on any atom is 0.0594 e. The first-order chi connectivity index (χ1) is 7.04. The standard InChI is InChI=1S/C12H17BrN2/c1-5-10(4)14-15-12-7-8(2)11(13)6-9(12)3/h6-7,15H,5H2,1-4H3/b14-10-. The van der Waals surface area contributed by atoms with Crippen LogP contribution in [0.15, 0.2) is 21.7 Å². The van der Waals surface area contributed by atoms with Crippen LogP contribution in [0.3, 0.4) is 0 Å². The molecule has 82 valence electrons. The van der Waals surface area contributed by atoms with Crippen molar-refractivity contribution in [3.63, 3.8) is 0 Å². The van der Waals surface area contributed by atoms with E-state index in [0.717, 1.165) is 22.3 Å². The van der Waals surface area contributed by atoms with Gasteiger partial charge >= 0.3 is 0 Å². The zero-order chi connectivity index (χ0) is 11.4. The van der Waals surface area contributed by atoms with Crippen molar-refractivity contribution in [2.75, 3.05) is 5.43 Å². The van der Waals surface area contributed by atoms with Crippen molar-refractivity contribution in [3.8, 4) is 0 Å². The van der Waals surface area contributed by atoms with Crippen LogP contribution >= 0.6 is 15.9 Å². The molecule has 1 rings (SSSR count). The van der Waals surface area contributed by atoms with Gasteiger partial charge in [0, 0.05) is 10.2 Å². The van der Waals surface area contributed by atoms with Gasteiger partial charge in [0.25, 0.3) is 0 Å². The van der Waals surface area contributed by atoms with Crippen molar-refractivity contribution in [3.05, 3.63) is 27.7 Å². The lowest BCUT2D eigenvalue weighted by Gasteiger charge is -2.08. The Morgan fingerprint density at radius 3 is 2.60 bits per heavy atom. The number of hydrogen-bond acceptors (Lipinski definition) is 2. The highest BCUT2D eigenvalue weighted by Crippen LogP contribution is 2.24. The molecule has 0 aliphatic heterocycles. The quantitative estimate of drug-likeness (QED) is 0.643. The van der Waals surface area contributed by atoms with Crippen molar-refractivity contribution >= 4 is 27.3 Å². The van der Waals surface area contributed by atoms with Crippen LogP contribution in [0, 0.1) is 13.8 Å². The third kappa shape index (κ3) is 3.34. The Labute approximate surface area is 99.9 Å². The molecule has 1 aromatic carbocycles. The number of aryl methyl sites for hydroxylation is 2. The van der Waals surface area contributed by atoms with E-state index in [9.17, 15) is 0 Å². The highest BCUT2D eigenvalue weighted by molar-refractivity contribution is 9.10. The molecule has 0 unspecified atom stereocenters. The van der Waals surface area contributed by atoms with Crippen molar-refractivity contribution in [2.24, 2.45) is 5.10 Å². The molecule has 0 aromatic heterocycles. The van der Waals surface area contributed by atoms with Gasteiger partial charge in [-0.2, -0.15) is 5.10 Å². The molecule has 0 fully saturated rings. The topological polar surface area (TPSA) is 24.4 Å². The SMILES string of the molecule is CC/C(C)=N\Nc1cc(C)c(Br)cc1C. The maximum atomic E-state index is 4.30. The minimum absolute atomic E-state index is 0.974. The Morgan fingerprint density at radius 2 is 2.00 bits per heavy atom. The second-order valence-electron chi connectivity index (χ2n) is 3.73. The molecule has 0 radical (unpaired) electrons. The minimum atomic E-state index is 0.974. The van der Waals surface area contributed by atoms with E-state index in [2.05, 4.69) is 59.4 Å². The van der Waals surface area contributed by atoms with Crippen LogP contribution < -0.4 is 5.43 Å². The number of hydrazone groups is 1. The van der Waals surface area contributed by atoms with E-state index < -0.39 is 0 Å². The van der Waals surface area contributed by atoms with Gasteiger partial charge in [0.1, 0.15) is 0 Å². The van der Waals surface area contributed by atoms with Crippen LogP contribution in [0.4, 0.5) is 5.69 Å². The van der Waals surface area contributed by atoms with Gasteiger partial charge in [-0.05, 0) is 50.5 Å². The van der Waals surface area contributed by atoms with E-state index in [-0.39, 0.29) is 0 Å². The molecular formula is C12H17BrN2. The molecule has 2 nitrogen and oxygen atoms in total. The number of rotatable bonds is 3. The minimum Gasteiger partial charge on any atom is -0.278 e. The smallest absolute Gasteiger partial charge is 0.0594 e. The maximum absolute atomic E-state index is 4.30. The Balaban J connectivity index is 2.91. The first-order valence-corrected chi connectivity index (χ1v) is 5.89. The molecule has 3 heteroatoms. The summed E-state index contributed by atoms with van der Waals surface area (Å²) in [4.78, 5) is 0. The van der Waals surface area contributed by atoms with E-state index in [1.54, 1.807) is 0 Å². The Hall–Kier alpha value is -0.830. The van der Waals surface area contributed by atoms with Gasteiger partial charge in [-0.15, -0.1) is 0 Å². The summed E-state index contributed by atoms with van der Waals surface area (Å²) >= 11 is 3.51. The van der Waals surface area contributed by atoms with E-state index >= 15 is 0 Å². The Morgan fingerprint density at radius 1 is 1.33 bits per heavy atom. The van der Waals surface area contributed by atoms with Gasteiger partial charge in [-0.25, -0.2) is 0 Å². The highest BCUT2D eigenvalue weighted by Gasteiger charge is 2.01. The summed E-state index contributed by atoms with van der Waals surface area (Å²) < 4.78 is 1.14. The summed E-state index contributed by atoms with van der Waals surface area (Å²) in [7, 11) is 0. The zero-order valence-corrected chi connectivity index (χ0v) is 11.3. The van der Waals surface area contributed by atoms with Crippen LogP contribution in [0.2, 0.25) is 0 Å². The molecular weight excluding hydrogens is 252 g/mol. The number of benzene rings is 1. The fourth-order valence-corrected chi connectivity index (χ4v) is 1.59. The average Bonchev–Trinajstić information content (AvgIpc) is 2.21. The lowest BCUT2D eigenvalue weighted by atomic mass is 10.1. The van der Waals surface area contributed by atoms with Crippen LogP contribution in [0.25, 0.3) is 0 Å². The summed E-state index contributed by atoms with van der Waals surface area (Å²) in [5.74, 6) is 0. The summed E-state index contributed by atoms with van der Waals surface area (Å²) in [6.07, 6.45) is 0.974. The predicted octanol–water partition coefficient (Wildman–Crippen LogP) is 4.26. The summed E-state index contributed by atoms with van der Waals surface area (Å²) in [5.41, 5.74) is 7.69. The van der Waals surface area contributed by atoms with Gasteiger partial charge in [0.15, 0.2) is 0 Å². The fraction of sp³-hybridized carbons (Fsp3) is 0.417. The Kier molecular flexibility index (Phi) is 4.33. The van der Waals surface area contributed by atoms with Gasteiger partial charge < -0.3 is 0 Å². The van der Waals surface area contributed by atoms with Gasteiger partial charge in [0.2, 0.25) is 0 Å². The number of nitrogens with zero attached hydrogens (tertiary/aromatic N) is 1. The molecule has 0 aliphatic rings. The molecule has 1 N–H and O–H groups in total. The molecule has 0 atom stereocenters. The number of hydrogen-bond donors (Lipinski definition) is 1. The molecule has 0 saturated heterocycles. The van der Waals surface area contributed by atoms with Crippen molar-refractivity contribution in [1.82, 2.24) is 0 Å². The Bertz CT molecular complexity index is 383. The zero-order valence-electron chi connectivity index (χ0n) is 9.69. The average molecular weight is 269 g/mol. The second-order valence-corrected chi connectivity index (χ2v) is 4.58. The van der Waals surface area contributed by atoms with Crippen LogP contribution in [0.5, 0.6) is 0 Å². The lowest BCUT2D eigenvalue weighted by Crippen LogP contribution is -1.98. The van der Waals surface area contributed by atoms with Crippen LogP contribution in [-0.4, -0.2) is 5.71 Å². The molecule has 0 heterocycles. The third-order valence-corrected chi connectivity index (χ3v) is 3.24. The molecule has 15 heavy (non-hydrogen) atoms. The van der Waals surface area contributed by atoms with Gasteiger partial charge in [0.05, 0.1) is 5.69 Å². The van der Waals surface area contributed by atoms with Crippen molar-refractivity contribution in [2.45, 2.75) is 34.1 Å². The molecule has 0 saturated carbocycles. The second kappa shape index (κ2) is 5.31. The summed E-state index contributed by atoms with van der Waals surface area (Å²) in [6.45, 7) is 8.27. The lowest BCUT2D eigenvalue weighted by molar-refractivity contribution is 1.20.